The summed E-state index contributed by atoms with van der Waals surface area (Å²) in [4.78, 5) is 0. The van der Waals surface area contributed by atoms with Crippen LogP contribution in [0.3, 0.4) is 0 Å². The van der Waals surface area contributed by atoms with E-state index in [1.807, 2.05) is 18.2 Å². The Morgan fingerprint density at radius 3 is 2.56 bits per heavy atom. The lowest BCUT2D eigenvalue weighted by Gasteiger charge is -2.16. The molecule has 0 aliphatic rings. The number of hydrogen-bond donors (Lipinski definition) is 1. The van der Waals surface area contributed by atoms with Gasteiger partial charge in [0.05, 0.1) is 12.1 Å². The minimum Gasteiger partial charge on any atom is -0.493 e. The van der Waals surface area contributed by atoms with E-state index in [0.29, 0.717) is 29.0 Å². The van der Waals surface area contributed by atoms with E-state index in [0.717, 1.165) is 17.7 Å². The molecule has 2 aromatic rings. The zero-order chi connectivity index (χ0) is 17.5. The fourth-order valence-corrected chi connectivity index (χ4v) is 2.53. The first-order chi connectivity index (χ1) is 11.5. The molecule has 6 heteroatoms. The lowest BCUT2D eigenvalue weighted by atomic mass is 10.1. The molecule has 0 heterocycles. The van der Waals surface area contributed by atoms with Crippen molar-refractivity contribution in [1.82, 2.24) is 5.32 Å². The van der Waals surface area contributed by atoms with Crippen molar-refractivity contribution in [2.75, 3.05) is 13.7 Å². The quantitative estimate of drug-likeness (QED) is 0.672. The van der Waals surface area contributed by atoms with Crippen molar-refractivity contribution in [2.24, 2.45) is 5.92 Å². The van der Waals surface area contributed by atoms with Crippen molar-refractivity contribution in [3.05, 3.63) is 58.4 Å². The van der Waals surface area contributed by atoms with Gasteiger partial charge >= 0.3 is 0 Å². The lowest BCUT2D eigenvalue weighted by Crippen LogP contribution is -2.19. The van der Waals surface area contributed by atoms with Crippen molar-refractivity contribution in [3.63, 3.8) is 0 Å². The number of benzene rings is 2. The summed E-state index contributed by atoms with van der Waals surface area (Å²) < 4.78 is 24.5. The molecule has 2 aromatic carbocycles. The molecule has 0 spiro atoms. The van der Waals surface area contributed by atoms with Gasteiger partial charge in [0, 0.05) is 17.7 Å². The summed E-state index contributed by atoms with van der Waals surface area (Å²) in [6, 6.07) is 10.1. The Balaban J connectivity index is 0.00000312. The lowest BCUT2D eigenvalue weighted by molar-refractivity contribution is 0.280. The highest BCUT2D eigenvalue weighted by Gasteiger charge is 2.12. The highest BCUT2D eigenvalue weighted by Crippen LogP contribution is 2.32. The van der Waals surface area contributed by atoms with Crippen LogP contribution >= 0.6 is 24.0 Å². The Bertz CT molecular complexity index is 680. The summed E-state index contributed by atoms with van der Waals surface area (Å²) in [7, 11) is 1.61. The number of rotatable bonds is 8. The van der Waals surface area contributed by atoms with Gasteiger partial charge in [0.1, 0.15) is 12.4 Å². The molecule has 0 saturated carbocycles. The molecule has 0 aliphatic carbocycles. The van der Waals surface area contributed by atoms with Gasteiger partial charge in [-0.1, -0.05) is 43.6 Å². The number of nitrogens with one attached hydrogen (secondary N) is 1. The van der Waals surface area contributed by atoms with Gasteiger partial charge < -0.3 is 14.8 Å². The number of hydrogen-bond acceptors (Lipinski definition) is 3. The third-order valence-corrected chi connectivity index (χ3v) is 3.89. The van der Waals surface area contributed by atoms with Gasteiger partial charge in [-0.3, -0.25) is 0 Å². The maximum absolute atomic E-state index is 13.1. The van der Waals surface area contributed by atoms with Gasteiger partial charge in [-0.25, -0.2) is 4.39 Å². The molecule has 0 saturated heterocycles. The van der Waals surface area contributed by atoms with Crippen LogP contribution in [0.2, 0.25) is 5.02 Å². The normalized spacial score (nSPS) is 10.5. The van der Waals surface area contributed by atoms with Crippen LogP contribution in [-0.4, -0.2) is 13.7 Å². The molecule has 0 amide bonds. The molecular formula is C19H24Cl2FNO2. The predicted octanol–water partition coefficient (Wildman–Crippen LogP) is 5.23. The summed E-state index contributed by atoms with van der Waals surface area (Å²) >= 11 is 6.06. The van der Waals surface area contributed by atoms with Crippen LogP contribution in [0, 0.1) is 11.7 Å². The summed E-state index contributed by atoms with van der Waals surface area (Å²) in [6.45, 7) is 6.16. The Morgan fingerprint density at radius 1 is 1.16 bits per heavy atom. The third-order valence-electron chi connectivity index (χ3n) is 3.54. The van der Waals surface area contributed by atoms with E-state index in [4.69, 9.17) is 21.1 Å². The SMILES string of the molecule is COc1cccc(CNCC(C)C)c1OCc1ccc(F)cc1Cl.Cl. The zero-order valence-corrected chi connectivity index (χ0v) is 16.2. The topological polar surface area (TPSA) is 30.5 Å². The van der Waals surface area contributed by atoms with Crippen molar-refractivity contribution in [3.8, 4) is 11.5 Å². The van der Waals surface area contributed by atoms with Gasteiger partial charge in [0.15, 0.2) is 11.5 Å². The smallest absolute Gasteiger partial charge is 0.166 e. The summed E-state index contributed by atoms with van der Waals surface area (Å²) in [5, 5.41) is 3.75. The Labute approximate surface area is 159 Å². The van der Waals surface area contributed by atoms with E-state index in [1.54, 1.807) is 13.2 Å². The minimum absolute atomic E-state index is 0. The molecule has 0 fully saturated rings. The Kier molecular flexibility index (Phi) is 9.04. The average Bonchev–Trinajstić information content (AvgIpc) is 2.54. The zero-order valence-electron chi connectivity index (χ0n) is 14.6. The molecule has 0 aromatic heterocycles. The van der Waals surface area contributed by atoms with Crippen LogP contribution in [0.15, 0.2) is 36.4 Å². The van der Waals surface area contributed by atoms with E-state index >= 15 is 0 Å². The van der Waals surface area contributed by atoms with E-state index in [9.17, 15) is 4.39 Å². The first-order valence-electron chi connectivity index (χ1n) is 7.94. The standard InChI is InChI=1S/C19H23ClFNO2.ClH/c1-13(2)10-22-11-14-5-4-6-18(23-3)19(14)24-12-15-7-8-16(21)9-17(15)20;/h4-9,13,22H,10-12H2,1-3H3;1H. The molecule has 0 atom stereocenters. The minimum atomic E-state index is -0.361. The van der Waals surface area contributed by atoms with Crippen LogP contribution in [0.4, 0.5) is 4.39 Å². The van der Waals surface area contributed by atoms with Crippen molar-refractivity contribution < 1.29 is 13.9 Å². The van der Waals surface area contributed by atoms with E-state index in [2.05, 4.69) is 19.2 Å². The van der Waals surface area contributed by atoms with Crippen LogP contribution in [0.1, 0.15) is 25.0 Å². The number of ether oxygens (including phenoxy) is 2. The second kappa shape index (κ2) is 10.5. The van der Waals surface area contributed by atoms with E-state index < -0.39 is 0 Å². The molecule has 2 rings (SSSR count). The monoisotopic (exact) mass is 387 g/mol. The van der Waals surface area contributed by atoms with E-state index in [-0.39, 0.29) is 24.8 Å². The maximum Gasteiger partial charge on any atom is 0.166 e. The van der Waals surface area contributed by atoms with Gasteiger partial charge in [-0.2, -0.15) is 0 Å². The van der Waals surface area contributed by atoms with Crippen molar-refractivity contribution >= 4 is 24.0 Å². The van der Waals surface area contributed by atoms with Gasteiger partial charge in [-0.15, -0.1) is 12.4 Å². The van der Waals surface area contributed by atoms with Crippen molar-refractivity contribution in [1.29, 1.82) is 0 Å². The van der Waals surface area contributed by atoms with Gasteiger partial charge in [0.2, 0.25) is 0 Å². The van der Waals surface area contributed by atoms with E-state index in [1.165, 1.54) is 12.1 Å². The first kappa shape index (κ1) is 21.6. The highest BCUT2D eigenvalue weighted by atomic mass is 35.5. The molecule has 0 bridgehead atoms. The number of para-hydroxylation sites is 1. The number of halogens is 3. The fourth-order valence-electron chi connectivity index (χ4n) is 2.31. The second-order valence-electron chi connectivity index (χ2n) is 6.00. The summed E-state index contributed by atoms with van der Waals surface area (Å²) in [5.41, 5.74) is 1.73. The third kappa shape index (κ3) is 6.38. The van der Waals surface area contributed by atoms with Crippen LogP contribution in [-0.2, 0) is 13.2 Å². The molecule has 0 unspecified atom stereocenters. The largest absolute Gasteiger partial charge is 0.493 e. The average molecular weight is 388 g/mol. The van der Waals surface area contributed by atoms with Crippen LogP contribution < -0.4 is 14.8 Å². The van der Waals surface area contributed by atoms with Gasteiger partial charge in [-0.05, 0) is 30.7 Å². The predicted molar refractivity (Wildman–Crippen MR) is 103 cm³/mol. The van der Waals surface area contributed by atoms with Gasteiger partial charge in [0.25, 0.3) is 0 Å². The Morgan fingerprint density at radius 2 is 1.92 bits per heavy atom. The molecule has 138 valence electrons. The molecule has 25 heavy (non-hydrogen) atoms. The maximum atomic E-state index is 13.1. The van der Waals surface area contributed by atoms with Crippen LogP contribution in [0.5, 0.6) is 11.5 Å². The first-order valence-corrected chi connectivity index (χ1v) is 8.32. The van der Waals surface area contributed by atoms with Crippen molar-refractivity contribution in [2.45, 2.75) is 27.0 Å². The molecular weight excluding hydrogens is 364 g/mol. The summed E-state index contributed by atoms with van der Waals surface area (Å²) in [5.74, 6) is 1.55. The number of methoxy groups -OCH3 is 1. The fraction of sp³-hybridized carbons (Fsp3) is 0.368. The highest BCUT2D eigenvalue weighted by molar-refractivity contribution is 6.31. The second-order valence-corrected chi connectivity index (χ2v) is 6.40. The molecule has 0 aliphatic heterocycles. The molecule has 3 nitrogen and oxygen atoms in total. The summed E-state index contributed by atoms with van der Waals surface area (Å²) in [6.07, 6.45) is 0. The Hall–Kier alpha value is -1.49. The van der Waals surface area contributed by atoms with Crippen LogP contribution in [0.25, 0.3) is 0 Å². The molecule has 0 radical (unpaired) electrons. The molecule has 1 N–H and O–H groups in total.